The Kier molecular flexibility index (Phi) is 3.75. The van der Waals surface area contributed by atoms with Gasteiger partial charge in [-0.05, 0) is 17.4 Å². The fourth-order valence-corrected chi connectivity index (χ4v) is 2.49. The second-order valence-corrected chi connectivity index (χ2v) is 5.22. The van der Waals surface area contributed by atoms with E-state index in [0.29, 0.717) is 36.8 Å². The van der Waals surface area contributed by atoms with Gasteiger partial charge in [-0.3, -0.25) is 14.7 Å². The second-order valence-electron chi connectivity index (χ2n) is 5.22. The van der Waals surface area contributed by atoms with E-state index < -0.39 is 0 Å². The number of amides is 1. The Morgan fingerprint density at radius 3 is 2.91 bits per heavy atom. The van der Waals surface area contributed by atoms with E-state index in [-0.39, 0.29) is 24.0 Å². The summed E-state index contributed by atoms with van der Waals surface area (Å²) in [4.78, 5) is 25.7. The van der Waals surface area contributed by atoms with Gasteiger partial charge in [0.25, 0.3) is 5.56 Å². The van der Waals surface area contributed by atoms with Crippen LogP contribution in [0.4, 0.5) is 0 Å². The van der Waals surface area contributed by atoms with Crippen LogP contribution in [0.3, 0.4) is 0 Å². The lowest BCUT2D eigenvalue weighted by Crippen LogP contribution is -2.44. The highest BCUT2D eigenvalue weighted by Gasteiger charge is 2.29. The molecule has 0 saturated carbocycles. The zero-order valence-corrected chi connectivity index (χ0v) is 12.4. The number of aryl methyl sites for hydroxylation is 2. The van der Waals surface area contributed by atoms with Crippen LogP contribution in [-0.2, 0) is 23.0 Å². The van der Waals surface area contributed by atoms with Crippen LogP contribution in [0.15, 0.2) is 4.79 Å². The number of nitrogens with one attached hydrogen (secondary N) is 2. The number of carbonyl (C=O) groups is 1. The van der Waals surface area contributed by atoms with Gasteiger partial charge in [-0.25, -0.2) is 4.68 Å². The summed E-state index contributed by atoms with van der Waals surface area (Å²) in [7, 11) is 1.72. The standard InChI is InChI=1S/C12H17N7O3/c1-7-8(12(21)15-13-7)5-10(20)19-3-4-22-9(6-19)11-14-16-17-18(11)2/h9H,3-6H2,1-2H3,(H2,13,15,21). The number of ether oxygens (including phenoxy) is 1. The minimum Gasteiger partial charge on any atom is -0.366 e. The number of H-pyrrole nitrogens is 2. The zero-order chi connectivity index (χ0) is 15.7. The van der Waals surface area contributed by atoms with E-state index >= 15 is 0 Å². The Morgan fingerprint density at radius 2 is 2.27 bits per heavy atom. The highest BCUT2D eigenvalue weighted by Crippen LogP contribution is 2.19. The molecule has 1 aliphatic heterocycles. The summed E-state index contributed by atoms with van der Waals surface area (Å²) in [5.41, 5.74) is 0.891. The predicted octanol–water partition coefficient (Wildman–Crippen LogP) is -1.32. The summed E-state index contributed by atoms with van der Waals surface area (Å²) in [6, 6.07) is 0. The molecule has 22 heavy (non-hydrogen) atoms. The summed E-state index contributed by atoms with van der Waals surface area (Å²) in [5.74, 6) is 0.463. The molecule has 1 amide bonds. The van der Waals surface area contributed by atoms with Crippen LogP contribution in [-0.4, -0.2) is 60.9 Å². The lowest BCUT2D eigenvalue weighted by Gasteiger charge is -2.32. The summed E-state index contributed by atoms with van der Waals surface area (Å²) in [6.07, 6.45) is -0.294. The number of aromatic amines is 2. The first-order valence-electron chi connectivity index (χ1n) is 6.94. The van der Waals surface area contributed by atoms with Gasteiger partial charge in [-0.1, -0.05) is 0 Å². The van der Waals surface area contributed by atoms with E-state index in [0.717, 1.165) is 0 Å². The average Bonchev–Trinajstić information content (AvgIpc) is 3.08. The molecule has 1 unspecified atom stereocenters. The maximum absolute atomic E-state index is 12.4. The molecular formula is C12H17N7O3. The van der Waals surface area contributed by atoms with E-state index in [2.05, 4.69) is 25.7 Å². The van der Waals surface area contributed by atoms with Crippen molar-refractivity contribution in [1.82, 2.24) is 35.3 Å². The molecule has 1 atom stereocenters. The van der Waals surface area contributed by atoms with Gasteiger partial charge in [-0.15, -0.1) is 5.10 Å². The van der Waals surface area contributed by atoms with Crippen LogP contribution in [0.2, 0.25) is 0 Å². The molecule has 0 bridgehead atoms. The summed E-state index contributed by atoms with van der Waals surface area (Å²) in [6.45, 7) is 3.02. The molecule has 3 rings (SSSR count). The average molecular weight is 307 g/mol. The first-order chi connectivity index (χ1) is 10.6. The van der Waals surface area contributed by atoms with E-state index in [4.69, 9.17) is 4.74 Å². The van der Waals surface area contributed by atoms with Gasteiger partial charge in [0.1, 0.15) is 6.10 Å². The summed E-state index contributed by atoms with van der Waals surface area (Å²) in [5, 5.41) is 16.5. The van der Waals surface area contributed by atoms with Gasteiger partial charge >= 0.3 is 0 Å². The highest BCUT2D eigenvalue weighted by molar-refractivity contribution is 5.79. The first-order valence-corrected chi connectivity index (χ1v) is 6.94. The third kappa shape index (κ3) is 2.64. The van der Waals surface area contributed by atoms with E-state index in [1.165, 1.54) is 4.68 Å². The fraction of sp³-hybridized carbons (Fsp3) is 0.583. The molecule has 0 spiro atoms. The molecule has 1 aliphatic rings. The van der Waals surface area contributed by atoms with Gasteiger partial charge in [0.2, 0.25) is 5.91 Å². The van der Waals surface area contributed by atoms with Crippen molar-refractivity contribution in [3.05, 3.63) is 27.4 Å². The fourth-order valence-electron chi connectivity index (χ4n) is 2.49. The smallest absolute Gasteiger partial charge is 0.267 e. The lowest BCUT2D eigenvalue weighted by molar-refractivity contribution is -0.138. The minimum atomic E-state index is -0.358. The molecule has 0 aromatic carbocycles. The van der Waals surface area contributed by atoms with E-state index in [9.17, 15) is 9.59 Å². The van der Waals surface area contributed by atoms with Gasteiger partial charge in [0.05, 0.1) is 19.6 Å². The lowest BCUT2D eigenvalue weighted by atomic mass is 10.1. The molecule has 2 aromatic rings. The van der Waals surface area contributed by atoms with Crippen molar-refractivity contribution in [2.24, 2.45) is 7.05 Å². The topological polar surface area (TPSA) is 122 Å². The van der Waals surface area contributed by atoms with Gasteiger partial charge in [-0.2, -0.15) is 0 Å². The zero-order valence-electron chi connectivity index (χ0n) is 12.4. The van der Waals surface area contributed by atoms with Crippen molar-refractivity contribution in [3.8, 4) is 0 Å². The van der Waals surface area contributed by atoms with Gasteiger partial charge in [0, 0.05) is 24.8 Å². The molecule has 1 fully saturated rings. The van der Waals surface area contributed by atoms with Crippen LogP contribution < -0.4 is 5.56 Å². The summed E-state index contributed by atoms with van der Waals surface area (Å²) < 4.78 is 7.16. The predicted molar refractivity (Wildman–Crippen MR) is 73.9 cm³/mol. The molecule has 118 valence electrons. The molecule has 10 nitrogen and oxygen atoms in total. The van der Waals surface area contributed by atoms with Crippen LogP contribution >= 0.6 is 0 Å². The number of rotatable bonds is 3. The maximum atomic E-state index is 12.4. The molecular weight excluding hydrogens is 290 g/mol. The highest BCUT2D eigenvalue weighted by atomic mass is 16.5. The van der Waals surface area contributed by atoms with Crippen molar-refractivity contribution in [2.75, 3.05) is 19.7 Å². The Bertz CT molecular complexity index is 731. The molecule has 2 aromatic heterocycles. The van der Waals surface area contributed by atoms with Crippen molar-refractivity contribution in [1.29, 1.82) is 0 Å². The van der Waals surface area contributed by atoms with Gasteiger partial charge in [0.15, 0.2) is 5.82 Å². The minimum absolute atomic E-state index is 0.0639. The van der Waals surface area contributed by atoms with Crippen LogP contribution in [0.5, 0.6) is 0 Å². The van der Waals surface area contributed by atoms with Crippen molar-refractivity contribution >= 4 is 5.91 Å². The maximum Gasteiger partial charge on any atom is 0.267 e. The quantitative estimate of drug-likeness (QED) is 0.725. The van der Waals surface area contributed by atoms with Crippen molar-refractivity contribution in [2.45, 2.75) is 19.4 Å². The van der Waals surface area contributed by atoms with E-state index in [1.807, 2.05) is 0 Å². The van der Waals surface area contributed by atoms with E-state index in [1.54, 1.807) is 18.9 Å². The molecule has 0 aliphatic carbocycles. The normalized spacial score (nSPS) is 18.6. The number of hydrogen-bond donors (Lipinski definition) is 2. The first kappa shape index (κ1) is 14.4. The molecule has 10 heteroatoms. The number of nitrogens with zero attached hydrogens (tertiary/aromatic N) is 5. The number of hydrogen-bond acceptors (Lipinski definition) is 6. The number of tetrazole rings is 1. The Labute approximate surface area is 125 Å². The number of carbonyl (C=O) groups excluding carboxylic acids is 1. The third-order valence-corrected chi connectivity index (χ3v) is 3.78. The Hall–Kier alpha value is -2.49. The molecule has 0 radical (unpaired) electrons. The molecule has 1 saturated heterocycles. The largest absolute Gasteiger partial charge is 0.366 e. The number of morpholine rings is 1. The Balaban J connectivity index is 1.71. The third-order valence-electron chi connectivity index (χ3n) is 3.78. The summed E-state index contributed by atoms with van der Waals surface area (Å²) >= 11 is 0. The van der Waals surface area contributed by atoms with Gasteiger partial charge < -0.3 is 14.7 Å². The molecule has 2 N–H and O–H groups in total. The SMILES string of the molecule is Cc1[nH][nH]c(=O)c1CC(=O)N1CCOC(c2nnnn2C)C1. The van der Waals surface area contributed by atoms with Crippen LogP contribution in [0.25, 0.3) is 0 Å². The van der Waals surface area contributed by atoms with Crippen molar-refractivity contribution in [3.63, 3.8) is 0 Å². The van der Waals surface area contributed by atoms with Crippen LogP contribution in [0.1, 0.15) is 23.2 Å². The van der Waals surface area contributed by atoms with Crippen LogP contribution in [0, 0.1) is 6.92 Å². The van der Waals surface area contributed by atoms with Crippen molar-refractivity contribution < 1.29 is 9.53 Å². The monoisotopic (exact) mass is 307 g/mol. The molecule has 3 heterocycles. The Morgan fingerprint density at radius 1 is 1.45 bits per heavy atom. The second kappa shape index (κ2) is 5.72. The number of aromatic nitrogens is 6.